The van der Waals surface area contributed by atoms with Crippen LogP contribution in [0.4, 0.5) is 0 Å². The van der Waals surface area contributed by atoms with Crippen molar-refractivity contribution in [1.29, 1.82) is 0 Å². The third-order valence-electron chi connectivity index (χ3n) is 14.0. The van der Waals surface area contributed by atoms with Gasteiger partial charge in [-0.25, -0.2) is 0 Å². The Kier molecular flexibility index (Phi) is 13.7. The van der Waals surface area contributed by atoms with Gasteiger partial charge in [0.1, 0.15) is 67.1 Å². The fraction of sp³-hybridized carbons (Fsp3) is 0.921. The minimum absolute atomic E-state index is 0.0524. The molecule has 0 spiro atoms. The zero-order valence-electron chi connectivity index (χ0n) is 31.6. The lowest BCUT2D eigenvalue weighted by atomic mass is 9.50. The average molecular weight is 791 g/mol. The van der Waals surface area contributed by atoms with Gasteiger partial charge < -0.3 is 79.5 Å². The van der Waals surface area contributed by atoms with Crippen molar-refractivity contribution in [3.05, 3.63) is 12.2 Å². The lowest BCUT2D eigenvalue weighted by molar-refractivity contribution is -0.391. The number of carbonyl (C=O) groups excluding carboxylic acids is 1. The van der Waals surface area contributed by atoms with Crippen molar-refractivity contribution in [1.82, 2.24) is 0 Å². The highest BCUT2D eigenvalue weighted by molar-refractivity contribution is 5.77. The van der Waals surface area contributed by atoms with Crippen LogP contribution in [0.5, 0.6) is 0 Å². The molecule has 0 amide bonds. The fourth-order valence-corrected chi connectivity index (χ4v) is 10.5. The first-order valence-electron chi connectivity index (χ1n) is 19.8. The fourth-order valence-electron chi connectivity index (χ4n) is 10.5. The van der Waals surface area contributed by atoms with Crippen molar-refractivity contribution in [3.8, 4) is 0 Å². The Morgan fingerprint density at radius 2 is 1.20 bits per heavy atom. The number of rotatable bonds is 9. The maximum atomic E-state index is 14.6. The summed E-state index contributed by atoms with van der Waals surface area (Å²) in [5.41, 5.74) is 0.167. The monoisotopic (exact) mass is 790 g/mol. The lowest BCUT2D eigenvalue weighted by Gasteiger charge is -2.55. The predicted molar refractivity (Wildman–Crippen MR) is 187 cm³/mol. The Labute approximate surface area is 320 Å². The number of ether oxygens (including phenoxy) is 6. The first-order chi connectivity index (χ1) is 26.1. The van der Waals surface area contributed by atoms with Gasteiger partial charge in [0, 0.05) is 0 Å². The highest BCUT2D eigenvalue weighted by Gasteiger charge is 2.59. The van der Waals surface area contributed by atoms with E-state index in [0.717, 1.165) is 57.8 Å². The van der Waals surface area contributed by atoms with E-state index < -0.39 is 123 Å². The second kappa shape index (κ2) is 17.5. The molecule has 0 radical (unpaired) electrons. The zero-order valence-corrected chi connectivity index (χ0v) is 31.6. The van der Waals surface area contributed by atoms with E-state index in [0.29, 0.717) is 18.3 Å². The van der Waals surface area contributed by atoms with Crippen LogP contribution in [0.3, 0.4) is 0 Å². The molecule has 2 bridgehead atoms. The lowest BCUT2D eigenvalue weighted by Crippen LogP contribution is -2.67. The number of fused-ring (bicyclic) bond motifs is 5. The van der Waals surface area contributed by atoms with Gasteiger partial charge in [-0.1, -0.05) is 31.9 Å². The molecular weight excluding hydrogens is 728 g/mol. The van der Waals surface area contributed by atoms with Crippen LogP contribution in [0.1, 0.15) is 78.1 Å². The Morgan fingerprint density at radius 3 is 1.82 bits per heavy atom. The molecule has 10 N–H and O–H groups in total. The van der Waals surface area contributed by atoms with Gasteiger partial charge in [-0.2, -0.15) is 0 Å². The zero-order chi connectivity index (χ0) is 40.0. The molecule has 0 aromatic carbocycles. The molecule has 3 aliphatic carbocycles. The maximum Gasteiger partial charge on any atom is 0.314 e. The molecular formula is C38H62O17. The maximum absolute atomic E-state index is 14.6. The van der Waals surface area contributed by atoms with Crippen LogP contribution >= 0.6 is 0 Å². The molecule has 6 fully saturated rings. The van der Waals surface area contributed by atoms with Gasteiger partial charge in [0.2, 0.25) is 6.29 Å². The molecule has 316 valence electrons. The first kappa shape index (κ1) is 43.2. The van der Waals surface area contributed by atoms with Gasteiger partial charge in [0.05, 0.1) is 25.2 Å². The molecule has 6 aliphatic rings. The Hall–Kier alpha value is -1.39. The van der Waals surface area contributed by atoms with Crippen LogP contribution in [0.25, 0.3) is 0 Å². The van der Waals surface area contributed by atoms with Crippen LogP contribution in [0.2, 0.25) is 0 Å². The number of esters is 1. The van der Waals surface area contributed by atoms with E-state index in [1.165, 1.54) is 5.57 Å². The van der Waals surface area contributed by atoms with Gasteiger partial charge >= 0.3 is 5.97 Å². The number of aliphatic hydroxyl groups is 10. The molecule has 3 heterocycles. The van der Waals surface area contributed by atoms with Crippen molar-refractivity contribution >= 4 is 5.97 Å². The molecule has 3 aliphatic heterocycles. The second-order valence-corrected chi connectivity index (χ2v) is 17.1. The van der Waals surface area contributed by atoms with E-state index in [4.69, 9.17) is 28.4 Å². The van der Waals surface area contributed by atoms with Crippen LogP contribution in [0, 0.1) is 28.6 Å². The van der Waals surface area contributed by atoms with Crippen LogP contribution in [0.15, 0.2) is 12.2 Å². The third kappa shape index (κ3) is 8.15. The summed E-state index contributed by atoms with van der Waals surface area (Å²) in [6.45, 7) is 6.22. The average Bonchev–Trinajstić information content (AvgIpc) is 3.31. The van der Waals surface area contributed by atoms with Crippen LogP contribution < -0.4 is 0 Å². The summed E-state index contributed by atoms with van der Waals surface area (Å²) in [5, 5.41) is 105. The normalized spacial score (nSPS) is 50.9. The summed E-state index contributed by atoms with van der Waals surface area (Å²) < 4.78 is 35.1. The molecule has 3 saturated heterocycles. The third-order valence-corrected chi connectivity index (χ3v) is 14.0. The first-order valence-corrected chi connectivity index (χ1v) is 19.8. The molecule has 20 atom stereocenters. The number of allylic oxidation sites excluding steroid dienone is 1. The van der Waals surface area contributed by atoms with Crippen LogP contribution in [-0.4, -0.2) is 169 Å². The van der Waals surface area contributed by atoms with E-state index in [-0.39, 0.29) is 11.3 Å². The minimum atomic E-state index is -1.93. The second-order valence-electron chi connectivity index (χ2n) is 17.1. The van der Waals surface area contributed by atoms with Crippen molar-refractivity contribution in [3.63, 3.8) is 0 Å². The smallest absolute Gasteiger partial charge is 0.314 e. The number of hydrogen-bond acceptors (Lipinski definition) is 17. The van der Waals surface area contributed by atoms with Gasteiger partial charge in [0.15, 0.2) is 18.7 Å². The quantitative estimate of drug-likeness (QED) is 0.0925. The molecule has 6 rings (SSSR count). The van der Waals surface area contributed by atoms with E-state index in [9.17, 15) is 55.9 Å². The van der Waals surface area contributed by atoms with E-state index in [1.54, 1.807) is 0 Å². The Bertz CT molecular complexity index is 1320. The van der Waals surface area contributed by atoms with E-state index in [1.807, 2.05) is 6.92 Å². The standard InChI is InChI=1S/C38H62O17/c1-17-8-10-19-11-9-18(17)6-4-7-23-37(19,2)12-5-13-38(23,3)36(49)55-35-32(29(47)26(44)22(16-41)52-35)54-34-31(28(46)25(43)21(15-40)51-34)53-33-30(48)27(45)24(42)20(14-39)50-33/h18-35,39-48H,1,4-16H2,2-3H3/t18-,19+,20+,21+,22+,23-,24+,25+,26+,27-,28-,29-,30+,31+,32+,33-,34-,35-,37-,38+/m0/s1. The van der Waals surface area contributed by atoms with Gasteiger partial charge in [-0.05, 0) is 81.5 Å². The number of aliphatic hydroxyl groups excluding tert-OH is 10. The highest BCUT2D eigenvalue weighted by atomic mass is 16.8. The summed E-state index contributed by atoms with van der Waals surface area (Å²) in [6.07, 6.45) is -17.1. The summed E-state index contributed by atoms with van der Waals surface area (Å²) in [4.78, 5) is 14.6. The van der Waals surface area contributed by atoms with Crippen molar-refractivity contribution in [2.24, 2.45) is 28.6 Å². The highest BCUT2D eigenvalue weighted by Crippen LogP contribution is 2.61. The van der Waals surface area contributed by atoms with Crippen LogP contribution in [-0.2, 0) is 33.2 Å². The minimum Gasteiger partial charge on any atom is -0.432 e. The predicted octanol–water partition coefficient (Wildman–Crippen LogP) is -1.66. The summed E-state index contributed by atoms with van der Waals surface area (Å²) in [7, 11) is 0. The molecule has 0 aromatic rings. The topological polar surface area (TPSA) is 275 Å². The molecule has 0 unspecified atom stereocenters. The van der Waals surface area contributed by atoms with Gasteiger partial charge in [0.25, 0.3) is 0 Å². The number of hydrogen-bond donors (Lipinski definition) is 10. The summed E-state index contributed by atoms with van der Waals surface area (Å²) in [6, 6.07) is 0. The molecule has 17 nitrogen and oxygen atoms in total. The molecule has 0 aromatic heterocycles. The van der Waals surface area contributed by atoms with E-state index >= 15 is 0 Å². The Morgan fingerprint density at radius 1 is 0.655 bits per heavy atom. The molecule has 3 saturated carbocycles. The largest absolute Gasteiger partial charge is 0.432 e. The number of carbonyl (C=O) groups is 1. The van der Waals surface area contributed by atoms with Crippen molar-refractivity contribution in [2.45, 2.75) is 170 Å². The molecule has 55 heavy (non-hydrogen) atoms. The van der Waals surface area contributed by atoms with Crippen molar-refractivity contribution in [2.75, 3.05) is 19.8 Å². The van der Waals surface area contributed by atoms with E-state index in [2.05, 4.69) is 13.5 Å². The summed E-state index contributed by atoms with van der Waals surface area (Å²) in [5.74, 6) is 0.182. The van der Waals surface area contributed by atoms with Gasteiger partial charge in [-0.15, -0.1) is 0 Å². The molecule has 17 heteroatoms. The Balaban J connectivity index is 1.27. The summed E-state index contributed by atoms with van der Waals surface area (Å²) >= 11 is 0. The van der Waals surface area contributed by atoms with Crippen molar-refractivity contribution < 1.29 is 84.3 Å². The van der Waals surface area contributed by atoms with Gasteiger partial charge in [-0.3, -0.25) is 4.79 Å². The SMILES string of the molecule is C=C1CC[C@@H]2CC[C@@H]1CCC[C@H]1[C@@]2(C)CCC[C@@]1(C)C(=O)O[C@@H]1O[C@H](CO)[C@@H](O)[C@H](O)[C@H]1O[C@@H]1O[C@H](CO)[C@@H](O)[C@H](O)[C@H]1O[C@@H]1O[C@H](CO)[C@@H](O)[C@H](O)[C@H]1O.